The van der Waals surface area contributed by atoms with Gasteiger partial charge in [0.1, 0.15) is 4.88 Å². The van der Waals surface area contributed by atoms with Crippen molar-refractivity contribution in [3.05, 3.63) is 14.7 Å². The zero-order valence-electron chi connectivity index (χ0n) is 14.4. The molecule has 0 aliphatic heterocycles. The van der Waals surface area contributed by atoms with Gasteiger partial charge in [-0.2, -0.15) is 0 Å². The summed E-state index contributed by atoms with van der Waals surface area (Å²) in [6.07, 6.45) is 3.51. The standard InChI is InChI=1S/C17H24BrNO5S/c1-10-3-5-11(6-4-10)16(22)19(12(8-20)9-21)13-7-14(18)25-15(13)17(23)24-2/h7,10-12,20-21H,3-6,8-9H2,1-2H3/t10-,11-. The Kier molecular flexibility index (Phi) is 7.42. The largest absolute Gasteiger partial charge is 0.465 e. The smallest absolute Gasteiger partial charge is 0.350 e. The molecule has 25 heavy (non-hydrogen) atoms. The van der Waals surface area contributed by atoms with Crippen molar-refractivity contribution in [1.82, 2.24) is 0 Å². The van der Waals surface area contributed by atoms with Crippen LogP contribution in [-0.4, -0.2) is 48.5 Å². The van der Waals surface area contributed by atoms with Gasteiger partial charge >= 0.3 is 5.97 Å². The van der Waals surface area contributed by atoms with Crippen LogP contribution in [0.15, 0.2) is 9.85 Å². The number of carbonyl (C=O) groups is 2. The molecule has 1 aliphatic carbocycles. The molecule has 0 atom stereocenters. The van der Waals surface area contributed by atoms with Crippen LogP contribution in [0.25, 0.3) is 0 Å². The van der Waals surface area contributed by atoms with Gasteiger partial charge in [0, 0.05) is 5.92 Å². The number of ether oxygens (including phenoxy) is 1. The lowest BCUT2D eigenvalue weighted by Gasteiger charge is -2.34. The van der Waals surface area contributed by atoms with Gasteiger partial charge < -0.3 is 19.8 Å². The van der Waals surface area contributed by atoms with E-state index < -0.39 is 12.0 Å². The Morgan fingerprint density at radius 1 is 1.32 bits per heavy atom. The Morgan fingerprint density at radius 2 is 1.92 bits per heavy atom. The maximum absolute atomic E-state index is 13.2. The zero-order valence-corrected chi connectivity index (χ0v) is 16.8. The number of thiophene rings is 1. The van der Waals surface area contributed by atoms with Crippen molar-refractivity contribution in [2.24, 2.45) is 11.8 Å². The molecule has 6 nitrogen and oxygen atoms in total. The number of halogens is 1. The van der Waals surface area contributed by atoms with E-state index in [1.54, 1.807) is 6.07 Å². The monoisotopic (exact) mass is 433 g/mol. The number of esters is 1. The minimum atomic E-state index is -0.795. The van der Waals surface area contributed by atoms with Gasteiger partial charge in [-0.25, -0.2) is 4.79 Å². The first kappa shape index (κ1) is 20.4. The van der Waals surface area contributed by atoms with Crippen molar-refractivity contribution < 1.29 is 24.5 Å². The molecule has 1 aliphatic rings. The maximum Gasteiger partial charge on any atom is 0.350 e. The SMILES string of the molecule is COC(=O)c1sc(Br)cc1N(C(=O)[C@H]1CC[C@H](C)CC1)C(CO)CO. The van der Waals surface area contributed by atoms with E-state index in [0.717, 1.165) is 37.0 Å². The highest BCUT2D eigenvalue weighted by molar-refractivity contribution is 9.11. The van der Waals surface area contributed by atoms with E-state index in [0.29, 0.717) is 15.4 Å². The average Bonchev–Trinajstić information content (AvgIpc) is 3.00. The predicted molar refractivity (Wildman–Crippen MR) is 99.9 cm³/mol. The van der Waals surface area contributed by atoms with Gasteiger partial charge in [0.25, 0.3) is 0 Å². The second-order valence-electron chi connectivity index (χ2n) is 6.44. The average molecular weight is 434 g/mol. The molecule has 0 saturated heterocycles. The van der Waals surface area contributed by atoms with Gasteiger partial charge in [0.15, 0.2) is 0 Å². The molecule has 2 N–H and O–H groups in total. The van der Waals surface area contributed by atoms with Crippen LogP contribution in [0.3, 0.4) is 0 Å². The Labute approximate surface area is 159 Å². The van der Waals surface area contributed by atoms with Crippen LogP contribution in [0.5, 0.6) is 0 Å². The molecule has 8 heteroatoms. The number of hydrogen-bond acceptors (Lipinski definition) is 6. The van der Waals surface area contributed by atoms with E-state index in [9.17, 15) is 19.8 Å². The lowest BCUT2D eigenvalue weighted by atomic mass is 9.82. The summed E-state index contributed by atoms with van der Waals surface area (Å²) in [6, 6.07) is 0.871. The first-order valence-electron chi connectivity index (χ1n) is 8.35. The molecule has 0 bridgehead atoms. The second-order valence-corrected chi connectivity index (χ2v) is 8.87. The van der Waals surface area contributed by atoms with Crippen LogP contribution < -0.4 is 4.90 Å². The summed E-state index contributed by atoms with van der Waals surface area (Å²) in [5.41, 5.74) is 0.375. The number of hydrogen-bond donors (Lipinski definition) is 2. The minimum absolute atomic E-state index is 0.157. The maximum atomic E-state index is 13.2. The molecule has 0 aromatic carbocycles. The third kappa shape index (κ3) is 4.61. The molecule has 1 amide bonds. The number of amides is 1. The Bertz CT molecular complexity index is 608. The van der Waals surface area contributed by atoms with Gasteiger partial charge in [0.05, 0.1) is 35.8 Å². The third-order valence-electron chi connectivity index (χ3n) is 4.70. The van der Waals surface area contributed by atoms with E-state index in [2.05, 4.69) is 22.9 Å². The van der Waals surface area contributed by atoms with Crippen LogP contribution in [0, 0.1) is 11.8 Å². The van der Waals surface area contributed by atoms with Crippen molar-refractivity contribution >= 4 is 44.8 Å². The number of carbonyl (C=O) groups excluding carboxylic acids is 2. The summed E-state index contributed by atoms with van der Waals surface area (Å²) in [5.74, 6) is -0.267. The fourth-order valence-electron chi connectivity index (χ4n) is 3.19. The van der Waals surface area contributed by atoms with Crippen LogP contribution in [0.1, 0.15) is 42.3 Å². The minimum Gasteiger partial charge on any atom is -0.465 e. The van der Waals surface area contributed by atoms with Crippen molar-refractivity contribution in [3.8, 4) is 0 Å². The molecular formula is C17H24BrNO5S. The molecule has 2 rings (SSSR count). The normalized spacial score (nSPS) is 20.6. The van der Waals surface area contributed by atoms with Crippen LogP contribution in [-0.2, 0) is 9.53 Å². The highest BCUT2D eigenvalue weighted by Crippen LogP contribution is 2.38. The van der Waals surface area contributed by atoms with E-state index in [4.69, 9.17) is 4.74 Å². The summed E-state index contributed by atoms with van der Waals surface area (Å²) in [4.78, 5) is 26.9. The van der Waals surface area contributed by atoms with Gasteiger partial charge in [-0.1, -0.05) is 6.92 Å². The molecule has 1 heterocycles. The van der Waals surface area contributed by atoms with Gasteiger partial charge in [-0.3, -0.25) is 4.79 Å². The summed E-state index contributed by atoms with van der Waals surface area (Å²) in [6.45, 7) is 1.40. The van der Waals surface area contributed by atoms with Crippen LogP contribution in [0.4, 0.5) is 5.69 Å². The molecule has 0 radical (unpaired) electrons. The number of rotatable bonds is 6. The van der Waals surface area contributed by atoms with Crippen LogP contribution >= 0.6 is 27.3 Å². The number of nitrogens with zero attached hydrogens (tertiary/aromatic N) is 1. The Morgan fingerprint density at radius 3 is 2.44 bits per heavy atom. The molecule has 140 valence electrons. The molecule has 1 aromatic rings. The van der Waals surface area contributed by atoms with Crippen molar-refractivity contribution in [2.45, 2.75) is 38.6 Å². The first-order valence-corrected chi connectivity index (χ1v) is 9.96. The lowest BCUT2D eigenvalue weighted by molar-refractivity contribution is -0.124. The quantitative estimate of drug-likeness (QED) is 0.673. The number of anilines is 1. The van der Waals surface area contributed by atoms with E-state index in [1.807, 2.05) is 0 Å². The summed E-state index contributed by atoms with van der Waals surface area (Å²) in [5, 5.41) is 19.3. The Balaban J connectivity index is 2.40. The topological polar surface area (TPSA) is 87.1 Å². The summed E-state index contributed by atoms with van der Waals surface area (Å²) >= 11 is 4.51. The highest BCUT2D eigenvalue weighted by Gasteiger charge is 2.35. The third-order valence-corrected chi connectivity index (χ3v) is 6.31. The van der Waals surface area contributed by atoms with Crippen molar-refractivity contribution in [3.63, 3.8) is 0 Å². The highest BCUT2D eigenvalue weighted by atomic mass is 79.9. The van der Waals surface area contributed by atoms with Crippen molar-refractivity contribution in [1.29, 1.82) is 0 Å². The van der Waals surface area contributed by atoms with E-state index in [1.165, 1.54) is 12.0 Å². The summed E-state index contributed by atoms with van der Waals surface area (Å²) < 4.78 is 5.49. The molecular weight excluding hydrogens is 410 g/mol. The zero-order chi connectivity index (χ0) is 18.6. The first-order chi connectivity index (χ1) is 11.9. The molecule has 1 aromatic heterocycles. The van der Waals surface area contributed by atoms with Crippen LogP contribution in [0.2, 0.25) is 0 Å². The second kappa shape index (κ2) is 9.12. The molecule has 0 unspecified atom stereocenters. The number of aliphatic hydroxyl groups is 2. The van der Waals surface area contributed by atoms with Gasteiger partial charge in [-0.05, 0) is 53.6 Å². The fraction of sp³-hybridized carbons (Fsp3) is 0.647. The predicted octanol–water partition coefficient (Wildman–Crippen LogP) is 2.81. The van der Waals surface area contributed by atoms with Gasteiger partial charge in [0.2, 0.25) is 5.91 Å². The molecule has 1 fully saturated rings. The van der Waals surface area contributed by atoms with Crippen molar-refractivity contribution in [2.75, 3.05) is 25.2 Å². The summed E-state index contributed by atoms with van der Waals surface area (Å²) in [7, 11) is 1.28. The number of methoxy groups -OCH3 is 1. The molecule has 1 saturated carbocycles. The molecule has 0 spiro atoms. The van der Waals surface area contributed by atoms with E-state index >= 15 is 0 Å². The Hall–Kier alpha value is -0.960. The number of aliphatic hydroxyl groups excluding tert-OH is 2. The van der Waals surface area contributed by atoms with E-state index in [-0.39, 0.29) is 29.9 Å². The lowest BCUT2D eigenvalue weighted by Crippen LogP contribution is -2.48. The fourth-order valence-corrected chi connectivity index (χ4v) is 4.69. The van der Waals surface area contributed by atoms with Gasteiger partial charge in [-0.15, -0.1) is 11.3 Å².